The smallest absolute Gasteiger partial charge is 0.254 e. The molecule has 98 valence electrons. The van der Waals surface area contributed by atoms with Crippen LogP contribution >= 0.6 is 27.5 Å². The summed E-state index contributed by atoms with van der Waals surface area (Å²) in [6, 6.07) is 3.39. The molecule has 0 saturated heterocycles. The molecule has 0 aliphatic heterocycles. The molecule has 0 aromatic carbocycles. The molecule has 0 radical (unpaired) electrons. The van der Waals surface area contributed by atoms with E-state index in [0.717, 1.165) is 5.56 Å². The van der Waals surface area contributed by atoms with Crippen LogP contribution in [0.4, 0.5) is 0 Å². The van der Waals surface area contributed by atoms with E-state index in [9.17, 15) is 10.1 Å². The number of rotatable bonds is 5. The topological polar surface area (TPSA) is 92.5 Å². The van der Waals surface area contributed by atoms with E-state index in [1.165, 1.54) is 0 Å². The Hall–Kier alpha value is -1.41. The summed E-state index contributed by atoms with van der Waals surface area (Å²) < 4.78 is 0. The zero-order valence-corrected chi connectivity index (χ0v) is 11.6. The second kappa shape index (κ2) is 7.83. The summed E-state index contributed by atoms with van der Waals surface area (Å²) in [6.45, 7) is 0.800. The van der Waals surface area contributed by atoms with E-state index in [0.29, 0.717) is 17.0 Å². The van der Waals surface area contributed by atoms with Crippen LogP contribution in [0.1, 0.15) is 5.56 Å². The maximum absolute atomic E-state index is 10.4. The minimum atomic E-state index is -0.666. The number of pyridine rings is 1. The van der Waals surface area contributed by atoms with Crippen molar-refractivity contribution < 1.29 is 5.03 Å². The van der Waals surface area contributed by atoms with E-state index in [2.05, 4.69) is 31.2 Å². The standard InChI is InChI=1S/C9H11BrClN5O2/c10-3-4-12-9(15-16(17)18)14-6-7-1-2-8(11)13-5-7/h1-2,5H,3-4,6H2,(H2,12,14,15). The van der Waals surface area contributed by atoms with Gasteiger partial charge in [-0.3, -0.25) is 0 Å². The number of alkyl halides is 1. The number of hydrazine groups is 1. The minimum absolute atomic E-state index is 0.106. The predicted octanol–water partition coefficient (Wildman–Crippen LogP) is 1.36. The predicted molar refractivity (Wildman–Crippen MR) is 72.3 cm³/mol. The van der Waals surface area contributed by atoms with Crippen LogP contribution in [0.2, 0.25) is 5.15 Å². The van der Waals surface area contributed by atoms with Crippen LogP contribution in [-0.2, 0) is 6.54 Å². The van der Waals surface area contributed by atoms with Gasteiger partial charge in [-0.1, -0.05) is 39.0 Å². The molecule has 7 nitrogen and oxygen atoms in total. The number of hydrogen-bond acceptors (Lipinski definition) is 4. The zero-order chi connectivity index (χ0) is 13.4. The van der Waals surface area contributed by atoms with E-state index in [-0.39, 0.29) is 12.5 Å². The molecular formula is C9H11BrClN5O2. The lowest BCUT2D eigenvalue weighted by atomic mass is 10.3. The molecule has 0 fully saturated rings. The first-order chi connectivity index (χ1) is 8.61. The highest BCUT2D eigenvalue weighted by Crippen LogP contribution is 2.05. The summed E-state index contributed by atoms with van der Waals surface area (Å²) in [5.74, 6) is 0.106. The Morgan fingerprint density at radius 3 is 2.94 bits per heavy atom. The lowest BCUT2D eigenvalue weighted by molar-refractivity contribution is -0.525. The summed E-state index contributed by atoms with van der Waals surface area (Å²) in [4.78, 5) is 18.3. The van der Waals surface area contributed by atoms with Crippen LogP contribution in [0.25, 0.3) is 0 Å². The largest absolute Gasteiger partial charge is 0.351 e. The fraction of sp³-hybridized carbons (Fsp3) is 0.333. The maximum atomic E-state index is 10.4. The highest BCUT2D eigenvalue weighted by atomic mass is 79.9. The summed E-state index contributed by atoms with van der Waals surface area (Å²) in [5, 5.41) is 13.5. The molecule has 2 N–H and O–H groups in total. The Morgan fingerprint density at radius 2 is 2.39 bits per heavy atom. The van der Waals surface area contributed by atoms with Gasteiger partial charge in [0.25, 0.3) is 5.96 Å². The van der Waals surface area contributed by atoms with Crippen molar-refractivity contribution in [3.63, 3.8) is 0 Å². The molecule has 1 aromatic heterocycles. The van der Waals surface area contributed by atoms with E-state index in [1.807, 2.05) is 5.43 Å². The number of aromatic nitrogens is 1. The van der Waals surface area contributed by atoms with Gasteiger partial charge in [-0.25, -0.2) is 20.1 Å². The van der Waals surface area contributed by atoms with Crippen molar-refractivity contribution in [2.45, 2.75) is 6.54 Å². The van der Waals surface area contributed by atoms with Crippen LogP contribution in [-0.4, -0.2) is 27.9 Å². The highest BCUT2D eigenvalue weighted by Gasteiger charge is 2.04. The number of hydrogen-bond donors (Lipinski definition) is 2. The molecule has 0 amide bonds. The van der Waals surface area contributed by atoms with Crippen LogP contribution in [0.5, 0.6) is 0 Å². The number of guanidine groups is 1. The van der Waals surface area contributed by atoms with Crippen LogP contribution < -0.4 is 10.7 Å². The van der Waals surface area contributed by atoms with Gasteiger partial charge in [0.2, 0.25) is 0 Å². The molecule has 9 heteroatoms. The molecule has 1 heterocycles. The number of halogens is 2. The number of nitro groups is 1. The fourth-order valence-electron chi connectivity index (χ4n) is 1.05. The van der Waals surface area contributed by atoms with Crippen LogP contribution in [0.3, 0.4) is 0 Å². The van der Waals surface area contributed by atoms with Crippen LogP contribution in [0, 0.1) is 10.1 Å². The Balaban J connectivity index is 2.63. The van der Waals surface area contributed by atoms with E-state index in [4.69, 9.17) is 11.6 Å². The van der Waals surface area contributed by atoms with Crippen molar-refractivity contribution in [3.05, 3.63) is 39.2 Å². The zero-order valence-electron chi connectivity index (χ0n) is 9.27. The Bertz CT molecular complexity index is 425. The first kappa shape index (κ1) is 14.7. The number of nitrogens with one attached hydrogen (secondary N) is 2. The highest BCUT2D eigenvalue weighted by molar-refractivity contribution is 9.09. The van der Waals surface area contributed by atoms with Crippen molar-refractivity contribution in [2.24, 2.45) is 4.99 Å². The third kappa shape index (κ3) is 5.78. The van der Waals surface area contributed by atoms with Gasteiger partial charge >= 0.3 is 0 Å². The van der Waals surface area contributed by atoms with Crippen molar-refractivity contribution in [1.82, 2.24) is 15.7 Å². The molecule has 1 aromatic rings. The number of aliphatic imine (C=N–C) groups is 1. The third-order valence-corrected chi connectivity index (χ3v) is 2.41. The molecular weight excluding hydrogens is 325 g/mol. The maximum Gasteiger partial charge on any atom is 0.254 e. The summed E-state index contributed by atoms with van der Waals surface area (Å²) in [5.41, 5.74) is 2.80. The normalized spacial score (nSPS) is 11.1. The van der Waals surface area contributed by atoms with Crippen molar-refractivity contribution in [3.8, 4) is 0 Å². The van der Waals surface area contributed by atoms with Crippen LogP contribution in [0.15, 0.2) is 23.3 Å². The second-order valence-electron chi connectivity index (χ2n) is 3.14. The third-order valence-electron chi connectivity index (χ3n) is 1.79. The lowest BCUT2D eigenvalue weighted by Gasteiger charge is -2.05. The van der Waals surface area contributed by atoms with Crippen molar-refractivity contribution in [2.75, 3.05) is 11.9 Å². The molecule has 18 heavy (non-hydrogen) atoms. The van der Waals surface area contributed by atoms with E-state index < -0.39 is 5.03 Å². The van der Waals surface area contributed by atoms with Crippen molar-refractivity contribution >= 4 is 33.5 Å². The Morgan fingerprint density at radius 1 is 1.61 bits per heavy atom. The molecule has 0 unspecified atom stereocenters. The average Bonchev–Trinajstić information content (AvgIpc) is 2.34. The first-order valence-corrected chi connectivity index (χ1v) is 6.47. The van der Waals surface area contributed by atoms with Gasteiger partial charge in [0.1, 0.15) is 5.15 Å². The second-order valence-corrected chi connectivity index (χ2v) is 4.32. The molecule has 1 rings (SSSR count). The molecule has 0 spiro atoms. The fourth-order valence-corrected chi connectivity index (χ4v) is 1.36. The van der Waals surface area contributed by atoms with Gasteiger partial charge in [-0.2, -0.15) is 0 Å². The Labute approximate surface area is 117 Å². The summed E-state index contributed by atoms with van der Waals surface area (Å²) >= 11 is 8.85. The van der Waals surface area contributed by atoms with Gasteiger partial charge in [0.15, 0.2) is 5.03 Å². The summed E-state index contributed by atoms with van der Waals surface area (Å²) in [7, 11) is 0. The molecule has 0 bridgehead atoms. The first-order valence-electron chi connectivity index (χ1n) is 4.97. The quantitative estimate of drug-likeness (QED) is 0.211. The average molecular weight is 337 g/mol. The SMILES string of the molecule is O=[N+]([O-])NC(=NCc1ccc(Cl)nc1)NCCBr. The van der Waals surface area contributed by atoms with E-state index in [1.54, 1.807) is 18.3 Å². The van der Waals surface area contributed by atoms with Gasteiger partial charge in [-0.05, 0) is 11.6 Å². The van der Waals surface area contributed by atoms with E-state index >= 15 is 0 Å². The number of nitrogens with zero attached hydrogens (tertiary/aromatic N) is 3. The van der Waals surface area contributed by atoms with Gasteiger partial charge < -0.3 is 5.32 Å². The van der Waals surface area contributed by atoms with Gasteiger partial charge in [0, 0.05) is 18.1 Å². The molecule has 0 atom stereocenters. The molecule has 0 saturated carbocycles. The molecule has 0 aliphatic carbocycles. The monoisotopic (exact) mass is 335 g/mol. The minimum Gasteiger partial charge on any atom is -0.351 e. The summed E-state index contributed by atoms with van der Waals surface area (Å²) in [6.07, 6.45) is 1.57. The van der Waals surface area contributed by atoms with Gasteiger partial charge in [-0.15, -0.1) is 0 Å². The van der Waals surface area contributed by atoms with Gasteiger partial charge in [0.05, 0.1) is 6.54 Å². The Kier molecular flexibility index (Phi) is 6.37. The lowest BCUT2D eigenvalue weighted by Crippen LogP contribution is -2.41. The molecule has 0 aliphatic rings. The van der Waals surface area contributed by atoms with Crippen molar-refractivity contribution in [1.29, 1.82) is 0 Å².